The van der Waals surface area contributed by atoms with Crippen LogP contribution in [0.3, 0.4) is 0 Å². The van der Waals surface area contributed by atoms with Crippen LogP contribution in [-0.2, 0) is 6.54 Å². The fourth-order valence-corrected chi connectivity index (χ4v) is 2.62. The van der Waals surface area contributed by atoms with E-state index in [0.717, 1.165) is 0 Å². The Hall–Kier alpha value is -2.60. The lowest BCUT2D eigenvalue weighted by Gasteiger charge is -2.07. The molecule has 3 rings (SSSR count). The molecule has 5 nitrogen and oxygen atoms in total. The van der Waals surface area contributed by atoms with Gasteiger partial charge in [-0.3, -0.25) is 19.4 Å². The highest BCUT2D eigenvalue weighted by atomic mass is 35.5. The van der Waals surface area contributed by atoms with Crippen molar-refractivity contribution in [2.75, 3.05) is 0 Å². The van der Waals surface area contributed by atoms with E-state index in [2.05, 4.69) is 5.10 Å². The van der Waals surface area contributed by atoms with Crippen LogP contribution in [-0.4, -0.2) is 15.7 Å². The number of fused-ring (bicyclic) bond motifs is 1. The molecule has 0 aliphatic heterocycles. The van der Waals surface area contributed by atoms with Crippen molar-refractivity contribution in [1.82, 2.24) is 9.78 Å². The van der Waals surface area contributed by atoms with Crippen molar-refractivity contribution < 1.29 is 9.18 Å². The lowest BCUT2D eigenvalue weighted by Crippen LogP contribution is -2.14. The first-order valence-corrected chi connectivity index (χ1v) is 6.80. The van der Waals surface area contributed by atoms with E-state index in [1.54, 1.807) is 22.9 Å². The Kier molecular flexibility index (Phi) is 3.46. The number of amides is 1. The van der Waals surface area contributed by atoms with Crippen molar-refractivity contribution in [2.24, 2.45) is 5.73 Å². The molecule has 3 N–H and O–H groups in total. The van der Waals surface area contributed by atoms with Gasteiger partial charge in [0.1, 0.15) is 5.82 Å². The van der Waals surface area contributed by atoms with Gasteiger partial charge in [0.2, 0.25) is 5.91 Å². The molecular formula is C15H11ClFN3O2. The zero-order valence-electron chi connectivity index (χ0n) is 11.3. The second-order valence-electron chi connectivity index (χ2n) is 4.83. The highest BCUT2D eigenvalue weighted by molar-refractivity contribution is 6.31. The van der Waals surface area contributed by atoms with Gasteiger partial charge < -0.3 is 5.73 Å². The maximum absolute atomic E-state index is 13.1. The van der Waals surface area contributed by atoms with Gasteiger partial charge in [-0.2, -0.15) is 0 Å². The largest absolute Gasteiger partial charge is 0.366 e. The molecule has 0 bridgehead atoms. The van der Waals surface area contributed by atoms with Gasteiger partial charge in [-0.15, -0.1) is 0 Å². The molecule has 0 saturated carbocycles. The van der Waals surface area contributed by atoms with Crippen LogP contribution in [0.2, 0.25) is 5.02 Å². The molecular weight excluding hydrogens is 309 g/mol. The number of primary amides is 1. The van der Waals surface area contributed by atoms with Crippen LogP contribution >= 0.6 is 11.6 Å². The smallest absolute Gasteiger partial charge is 0.272 e. The van der Waals surface area contributed by atoms with Crippen LogP contribution in [0.1, 0.15) is 15.9 Å². The average molecular weight is 320 g/mol. The normalized spacial score (nSPS) is 11.0. The van der Waals surface area contributed by atoms with Crippen LogP contribution in [0, 0.1) is 5.82 Å². The number of carbonyl (C=O) groups is 1. The van der Waals surface area contributed by atoms with Crippen molar-refractivity contribution in [1.29, 1.82) is 0 Å². The van der Waals surface area contributed by atoms with Gasteiger partial charge in [0, 0.05) is 5.02 Å². The lowest BCUT2D eigenvalue weighted by molar-refractivity contribution is 0.100. The Balaban J connectivity index is 2.15. The number of nitrogens with two attached hydrogens (primary N) is 1. The highest BCUT2D eigenvalue weighted by Crippen LogP contribution is 2.21. The first kappa shape index (κ1) is 14.3. The summed E-state index contributed by atoms with van der Waals surface area (Å²) in [6, 6.07) is 8.86. The van der Waals surface area contributed by atoms with Crippen molar-refractivity contribution in [2.45, 2.75) is 6.54 Å². The minimum absolute atomic E-state index is 0.155. The van der Waals surface area contributed by atoms with Crippen LogP contribution in [0.4, 0.5) is 4.39 Å². The molecule has 0 atom stereocenters. The third-order valence-electron chi connectivity index (χ3n) is 3.41. The number of aromatic nitrogens is 2. The fraction of sp³-hybridized carbons (Fsp3) is 0.0667. The average Bonchev–Trinajstić information content (AvgIpc) is 2.78. The minimum atomic E-state index is -0.673. The molecule has 3 aromatic rings. The Morgan fingerprint density at radius 3 is 2.77 bits per heavy atom. The van der Waals surface area contributed by atoms with Crippen LogP contribution in [0.15, 0.2) is 41.2 Å². The SMILES string of the molecule is NC(=O)c1cccc2c1c(=O)[nH]n2Cc1ccc(F)cc1Cl. The predicted molar refractivity (Wildman–Crippen MR) is 81.6 cm³/mol. The summed E-state index contributed by atoms with van der Waals surface area (Å²) >= 11 is 6.00. The highest BCUT2D eigenvalue weighted by Gasteiger charge is 2.15. The molecule has 2 aromatic carbocycles. The maximum Gasteiger partial charge on any atom is 0.272 e. The number of benzene rings is 2. The third kappa shape index (κ3) is 2.37. The van der Waals surface area contributed by atoms with Gasteiger partial charge in [0.05, 0.1) is 23.0 Å². The summed E-state index contributed by atoms with van der Waals surface area (Å²) in [6.45, 7) is 0.236. The summed E-state index contributed by atoms with van der Waals surface area (Å²) in [6.07, 6.45) is 0. The van der Waals surface area contributed by atoms with Gasteiger partial charge in [-0.05, 0) is 29.8 Å². The van der Waals surface area contributed by atoms with E-state index in [9.17, 15) is 14.0 Å². The number of carbonyl (C=O) groups excluding carboxylic acids is 1. The number of rotatable bonds is 3. The van der Waals surface area contributed by atoms with Crippen molar-refractivity contribution in [3.05, 3.63) is 68.7 Å². The molecule has 0 unspecified atom stereocenters. The molecule has 1 heterocycles. The van der Waals surface area contributed by atoms with Crippen molar-refractivity contribution in [3.63, 3.8) is 0 Å². The van der Waals surface area contributed by atoms with E-state index in [0.29, 0.717) is 11.1 Å². The summed E-state index contributed by atoms with van der Waals surface area (Å²) < 4.78 is 14.6. The van der Waals surface area contributed by atoms with Crippen LogP contribution in [0.5, 0.6) is 0 Å². The molecule has 1 amide bonds. The van der Waals surface area contributed by atoms with Gasteiger partial charge in [-0.25, -0.2) is 4.39 Å². The Bertz CT molecular complexity index is 946. The molecule has 0 saturated heterocycles. The molecule has 0 fully saturated rings. The Morgan fingerprint density at radius 2 is 2.09 bits per heavy atom. The first-order valence-electron chi connectivity index (χ1n) is 6.42. The van der Waals surface area contributed by atoms with E-state index < -0.39 is 17.3 Å². The van der Waals surface area contributed by atoms with Crippen LogP contribution < -0.4 is 11.3 Å². The van der Waals surface area contributed by atoms with Gasteiger partial charge in [0.25, 0.3) is 5.56 Å². The van der Waals surface area contributed by atoms with E-state index in [1.165, 1.54) is 18.2 Å². The standard InChI is InChI=1S/C15H11ClFN3O2/c16-11-6-9(17)5-4-8(11)7-20-12-3-1-2-10(14(18)21)13(12)15(22)19-20/h1-6H,7H2,(H2,18,21)(H,19,22). The van der Waals surface area contributed by atoms with Gasteiger partial charge in [-0.1, -0.05) is 23.7 Å². The molecule has 1 aromatic heterocycles. The topological polar surface area (TPSA) is 80.9 Å². The number of H-pyrrole nitrogens is 1. The monoisotopic (exact) mass is 319 g/mol. The van der Waals surface area contributed by atoms with Crippen molar-refractivity contribution >= 4 is 28.4 Å². The summed E-state index contributed by atoms with van der Waals surface area (Å²) in [5.74, 6) is -1.11. The van der Waals surface area contributed by atoms with E-state index >= 15 is 0 Å². The second-order valence-corrected chi connectivity index (χ2v) is 5.23. The molecule has 7 heteroatoms. The summed E-state index contributed by atoms with van der Waals surface area (Å²) in [4.78, 5) is 23.5. The minimum Gasteiger partial charge on any atom is -0.366 e. The molecule has 0 radical (unpaired) electrons. The number of aromatic amines is 1. The van der Waals surface area contributed by atoms with Crippen molar-refractivity contribution in [3.8, 4) is 0 Å². The molecule has 0 spiro atoms. The number of hydrogen-bond acceptors (Lipinski definition) is 2. The Labute approximate surface area is 129 Å². The third-order valence-corrected chi connectivity index (χ3v) is 3.76. The molecule has 0 aliphatic rings. The predicted octanol–water partition coefficient (Wildman–Crippen LogP) is 2.27. The lowest BCUT2D eigenvalue weighted by atomic mass is 10.1. The number of hydrogen-bond donors (Lipinski definition) is 2. The zero-order chi connectivity index (χ0) is 15.9. The van der Waals surface area contributed by atoms with Gasteiger partial charge in [0.15, 0.2) is 0 Å². The van der Waals surface area contributed by atoms with Gasteiger partial charge >= 0.3 is 0 Å². The number of nitrogens with one attached hydrogen (secondary N) is 1. The second kappa shape index (κ2) is 5.31. The molecule has 112 valence electrons. The fourth-order valence-electron chi connectivity index (χ4n) is 2.39. The summed E-state index contributed by atoms with van der Waals surface area (Å²) in [7, 11) is 0. The zero-order valence-corrected chi connectivity index (χ0v) is 12.0. The number of halogens is 2. The first-order chi connectivity index (χ1) is 10.5. The Morgan fingerprint density at radius 1 is 1.32 bits per heavy atom. The van der Waals surface area contributed by atoms with E-state index in [-0.39, 0.29) is 22.5 Å². The summed E-state index contributed by atoms with van der Waals surface area (Å²) in [5, 5.41) is 3.13. The van der Waals surface area contributed by atoms with Crippen LogP contribution in [0.25, 0.3) is 10.9 Å². The molecule has 22 heavy (non-hydrogen) atoms. The summed E-state index contributed by atoms with van der Waals surface area (Å²) in [5.41, 5.74) is 6.20. The van der Waals surface area contributed by atoms with E-state index in [4.69, 9.17) is 17.3 Å². The van der Waals surface area contributed by atoms with E-state index in [1.807, 2.05) is 0 Å². The molecule has 0 aliphatic carbocycles. The quantitative estimate of drug-likeness (QED) is 0.776. The number of nitrogens with zero attached hydrogens (tertiary/aromatic N) is 1. The maximum atomic E-state index is 13.1.